The predicted molar refractivity (Wildman–Crippen MR) is 130 cm³/mol. The maximum Gasteiger partial charge on any atom is 0.250 e. The van der Waals surface area contributed by atoms with Gasteiger partial charge in [-0.2, -0.15) is 0 Å². The number of ketones is 1. The average Bonchev–Trinajstić information content (AvgIpc) is 3.14. The molecule has 1 aromatic rings. The molecule has 33 heavy (non-hydrogen) atoms. The van der Waals surface area contributed by atoms with Crippen LogP contribution in [-0.4, -0.2) is 54.6 Å². The second kappa shape index (κ2) is 11.2. The number of carbonyl (C=O) groups excluding carboxylic acids is 1. The lowest BCUT2D eigenvalue weighted by atomic mass is 9.99. The second-order valence-electron chi connectivity index (χ2n) is 9.51. The summed E-state index contributed by atoms with van der Waals surface area (Å²) < 4.78 is 33.8. The van der Waals surface area contributed by atoms with Gasteiger partial charge in [0.2, 0.25) is 5.78 Å². The van der Waals surface area contributed by atoms with Gasteiger partial charge in [-0.15, -0.1) is 0 Å². The molecule has 182 valence electrons. The number of carbonyl (C=O) groups is 1. The quantitative estimate of drug-likeness (QED) is 0.0918. The standard InChI is InChI=1S/C25H36O7Si/c1-17(2)20-13-18-21(31-20)14-22(32-33(8,9)25(3,4)5)23(24(18)30-16-28-7)19(26)11-10-12-29-15-27-6/h14,20H,1,12-13,15-16H2,2-9H3/t20-/m1/s1. The van der Waals surface area contributed by atoms with E-state index in [1.807, 2.05) is 6.92 Å². The zero-order valence-corrected chi connectivity index (χ0v) is 22.0. The molecule has 0 saturated heterocycles. The number of rotatable bonds is 10. The van der Waals surface area contributed by atoms with E-state index in [0.29, 0.717) is 23.7 Å². The summed E-state index contributed by atoms with van der Waals surface area (Å²) in [6, 6.07) is 1.79. The molecule has 0 bridgehead atoms. The van der Waals surface area contributed by atoms with Crippen LogP contribution in [-0.2, 0) is 20.6 Å². The van der Waals surface area contributed by atoms with Gasteiger partial charge in [0, 0.05) is 32.3 Å². The molecule has 1 atom stereocenters. The third-order valence-electron chi connectivity index (χ3n) is 5.81. The Balaban J connectivity index is 2.62. The van der Waals surface area contributed by atoms with Gasteiger partial charge in [0.25, 0.3) is 8.32 Å². The van der Waals surface area contributed by atoms with E-state index < -0.39 is 14.1 Å². The van der Waals surface area contributed by atoms with Crippen LogP contribution >= 0.6 is 0 Å². The van der Waals surface area contributed by atoms with Crippen molar-refractivity contribution in [3.05, 3.63) is 29.3 Å². The molecule has 0 aliphatic carbocycles. The molecule has 1 aliphatic rings. The normalized spacial score (nSPS) is 15.2. The zero-order valence-electron chi connectivity index (χ0n) is 21.0. The van der Waals surface area contributed by atoms with Crippen molar-refractivity contribution in [3.63, 3.8) is 0 Å². The van der Waals surface area contributed by atoms with Gasteiger partial charge in [-0.25, -0.2) is 0 Å². The summed E-state index contributed by atoms with van der Waals surface area (Å²) in [6.07, 6.45) is 0.332. The first-order valence-corrected chi connectivity index (χ1v) is 13.8. The molecule has 0 aromatic heterocycles. The predicted octanol–water partition coefficient (Wildman–Crippen LogP) is 4.74. The van der Waals surface area contributed by atoms with E-state index in [-0.39, 0.29) is 36.9 Å². The molecular formula is C25H36O7Si. The Morgan fingerprint density at radius 2 is 1.91 bits per heavy atom. The van der Waals surface area contributed by atoms with Crippen molar-refractivity contribution < 1.29 is 32.9 Å². The number of Topliss-reactive ketones (excluding diaryl/α,β-unsaturated/α-hetero) is 1. The minimum Gasteiger partial charge on any atom is -0.543 e. The Labute approximate surface area is 198 Å². The monoisotopic (exact) mass is 476 g/mol. The van der Waals surface area contributed by atoms with E-state index in [2.05, 4.69) is 52.3 Å². The van der Waals surface area contributed by atoms with Gasteiger partial charge >= 0.3 is 0 Å². The van der Waals surface area contributed by atoms with E-state index in [1.54, 1.807) is 6.07 Å². The van der Waals surface area contributed by atoms with Crippen LogP contribution in [0, 0.1) is 11.8 Å². The van der Waals surface area contributed by atoms with Crippen molar-refractivity contribution in [2.24, 2.45) is 0 Å². The molecule has 0 spiro atoms. The first kappa shape index (κ1) is 26.9. The van der Waals surface area contributed by atoms with Gasteiger partial charge in [0.1, 0.15) is 42.3 Å². The summed E-state index contributed by atoms with van der Waals surface area (Å²) in [5.41, 5.74) is 1.95. The van der Waals surface area contributed by atoms with Crippen LogP contribution in [0.1, 0.15) is 43.6 Å². The maximum absolute atomic E-state index is 13.3. The Morgan fingerprint density at radius 1 is 1.24 bits per heavy atom. The molecule has 2 rings (SSSR count). The minimum atomic E-state index is -2.30. The van der Waals surface area contributed by atoms with E-state index in [4.69, 9.17) is 28.1 Å². The average molecular weight is 477 g/mol. The van der Waals surface area contributed by atoms with Crippen LogP contribution in [0.15, 0.2) is 18.2 Å². The van der Waals surface area contributed by atoms with Crippen LogP contribution in [0.25, 0.3) is 0 Å². The van der Waals surface area contributed by atoms with Gasteiger partial charge in [-0.05, 0) is 36.5 Å². The maximum atomic E-state index is 13.3. The number of hydrogen-bond donors (Lipinski definition) is 0. The first-order valence-electron chi connectivity index (χ1n) is 10.9. The molecule has 0 saturated carbocycles. The Kier molecular flexibility index (Phi) is 9.15. The fraction of sp³-hybridized carbons (Fsp3) is 0.560. The van der Waals surface area contributed by atoms with Gasteiger partial charge in [-0.3, -0.25) is 4.79 Å². The smallest absolute Gasteiger partial charge is 0.250 e. The van der Waals surface area contributed by atoms with Crippen LogP contribution in [0.2, 0.25) is 18.1 Å². The highest BCUT2D eigenvalue weighted by Crippen LogP contribution is 2.47. The third-order valence-corrected chi connectivity index (χ3v) is 10.2. The molecule has 1 aliphatic heterocycles. The lowest BCUT2D eigenvalue weighted by Gasteiger charge is -2.37. The SMILES string of the molecule is C=C(C)[C@H]1Cc2c(cc(O[Si](C)(C)C(C)(C)C)c(C(=O)C#CCOCOC)c2OCOC)O1. The van der Waals surface area contributed by atoms with Crippen molar-refractivity contribution in [3.8, 4) is 29.1 Å². The summed E-state index contributed by atoms with van der Waals surface area (Å²) >= 11 is 0. The molecule has 0 unspecified atom stereocenters. The first-order chi connectivity index (χ1) is 15.4. The van der Waals surface area contributed by atoms with Crippen molar-refractivity contribution in [1.29, 1.82) is 0 Å². The zero-order chi connectivity index (χ0) is 24.8. The Hall–Kier alpha value is -2.31. The Bertz CT molecular complexity index is 935. The molecular weight excluding hydrogens is 440 g/mol. The van der Waals surface area contributed by atoms with Crippen molar-refractivity contribution in [2.75, 3.05) is 34.4 Å². The molecule has 8 heteroatoms. The van der Waals surface area contributed by atoms with E-state index in [0.717, 1.165) is 11.1 Å². The van der Waals surface area contributed by atoms with Crippen LogP contribution in [0.4, 0.5) is 0 Å². The van der Waals surface area contributed by atoms with Gasteiger partial charge in [0.15, 0.2) is 6.79 Å². The van der Waals surface area contributed by atoms with E-state index in [9.17, 15) is 4.79 Å². The largest absolute Gasteiger partial charge is 0.543 e. The van der Waals surface area contributed by atoms with Gasteiger partial charge in [-0.1, -0.05) is 33.3 Å². The fourth-order valence-electron chi connectivity index (χ4n) is 2.96. The number of fused-ring (bicyclic) bond motifs is 1. The molecule has 0 fully saturated rings. The lowest BCUT2D eigenvalue weighted by molar-refractivity contribution is -0.0166. The molecule has 1 heterocycles. The number of benzene rings is 1. The van der Waals surface area contributed by atoms with Gasteiger partial charge < -0.3 is 28.1 Å². The highest BCUT2D eigenvalue weighted by molar-refractivity contribution is 6.74. The number of methoxy groups -OCH3 is 2. The number of ether oxygens (including phenoxy) is 5. The fourth-order valence-corrected chi connectivity index (χ4v) is 3.98. The lowest BCUT2D eigenvalue weighted by Crippen LogP contribution is -2.44. The van der Waals surface area contributed by atoms with Crippen molar-refractivity contribution >= 4 is 14.1 Å². The summed E-state index contributed by atoms with van der Waals surface area (Å²) in [4.78, 5) is 13.3. The Morgan fingerprint density at radius 3 is 2.48 bits per heavy atom. The topological polar surface area (TPSA) is 72.5 Å². The summed E-state index contributed by atoms with van der Waals surface area (Å²) in [5.74, 6) is 6.38. The highest BCUT2D eigenvalue weighted by atomic mass is 28.4. The molecule has 0 N–H and O–H groups in total. The van der Waals surface area contributed by atoms with Crippen molar-refractivity contribution in [2.45, 2.75) is 58.4 Å². The van der Waals surface area contributed by atoms with Crippen molar-refractivity contribution in [1.82, 2.24) is 0 Å². The molecule has 0 radical (unpaired) electrons. The molecule has 0 amide bonds. The van der Waals surface area contributed by atoms with Crippen LogP contribution < -0.4 is 13.9 Å². The minimum absolute atomic E-state index is 0.0294. The van der Waals surface area contributed by atoms with Crippen LogP contribution in [0.5, 0.6) is 17.2 Å². The highest BCUT2D eigenvalue weighted by Gasteiger charge is 2.41. The molecule has 7 nitrogen and oxygen atoms in total. The summed E-state index contributed by atoms with van der Waals surface area (Å²) in [7, 11) is 0.748. The van der Waals surface area contributed by atoms with E-state index >= 15 is 0 Å². The number of hydrogen-bond acceptors (Lipinski definition) is 7. The van der Waals surface area contributed by atoms with Crippen LogP contribution in [0.3, 0.4) is 0 Å². The summed E-state index contributed by atoms with van der Waals surface area (Å²) in [5, 5.41) is -0.0827. The second-order valence-corrected chi connectivity index (χ2v) is 14.2. The van der Waals surface area contributed by atoms with Gasteiger partial charge in [0.05, 0.1) is 0 Å². The van der Waals surface area contributed by atoms with E-state index in [1.165, 1.54) is 14.2 Å². The third kappa shape index (κ3) is 6.61. The molecule has 1 aromatic carbocycles. The summed E-state index contributed by atoms with van der Waals surface area (Å²) in [6.45, 7) is 16.7.